The van der Waals surface area contributed by atoms with E-state index in [9.17, 15) is 33.6 Å². The minimum absolute atomic E-state index is 0.0553. The number of hydrogen-bond donors (Lipinski definition) is 6. The molecule has 0 atom stereocenters. The van der Waals surface area contributed by atoms with Gasteiger partial charge in [0.25, 0.3) is 0 Å². The molecule has 6 fully saturated rings. The van der Waals surface area contributed by atoms with Gasteiger partial charge in [-0.25, -0.2) is 48.7 Å². The van der Waals surface area contributed by atoms with Gasteiger partial charge < -0.3 is 74.3 Å². The average Bonchev–Trinajstić information content (AvgIpc) is 1.28. The van der Waals surface area contributed by atoms with E-state index >= 15 is 0 Å². The van der Waals surface area contributed by atoms with Crippen molar-refractivity contribution in [2.45, 2.75) is 127 Å². The maximum Gasteiger partial charge on any atom is 0.418 e. The zero-order valence-corrected chi connectivity index (χ0v) is 69.1. The number of fused-ring (bicyclic) bond motifs is 2. The minimum Gasteiger partial charge on any atom is -0.489 e. The van der Waals surface area contributed by atoms with Gasteiger partial charge in [-0.05, 0) is 150 Å². The van der Waals surface area contributed by atoms with Crippen LogP contribution in [-0.4, -0.2) is 203 Å². The molecule has 2 saturated heterocycles. The molecule has 0 radical (unpaired) electrons. The molecule has 37 heteroatoms. The number of nitrogen functional groups attached to an aromatic ring is 2. The van der Waals surface area contributed by atoms with Gasteiger partial charge in [0.2, 0.25) is 24.4 Å². The number of amides is 5. The van der Waals surface area contributed by atoms with Crippen LogP contribution in [0.3, 0.4) is 0 Å². The summed E-state index contributed by atoms with van der Waals surface area (Å²) in [6, 6.07) is 34.6. The number of piperazine rings is 2. The Morgan fingerprint density at radius 1 is 0.566 bits per heavy atom. The Balaban J connectivity index is 0.000000162. The Bertz CT molecular complexity index is 5100. The molecule has 4 aliphatic carbocycles. The molecule has 640 valence electrons. The van der Waals surface area contributed by atoms with Gasteiger partial charge >= 0.3 is 17.6 Å². The fraction of sp³-hybridized carbons (Fsp3) is 0.400. The van der Waals surface area contributed by atoms with Gasteiger partial charge in [-0.1, -0.05) is 36.4 Å². The van der Waals surface area contributed by atoms with Crippen molar-refractivity contribution in [3.05, 3.63) is 184 Å². The first-order valence-corrected chi connectivity index (χ1v) is 39.7. The number of aryl methyl sites for hydroxylation is 2. The zero-order valence-electron chi connectivity index (χ0n) is 68.3. The predicted molar refractivity (Wildman–Crippen MR) is 445 cm³/mol. The second-order valence-electron chi connectivity index (χ2n) is 28.9. The molecule has 4 saturated carbocycles. The summed E-state index contributed by atoms with van der Waals surface area (Å²) in [7, 11) is 10.2. The molecule has 16 rings (SSSR count). The highest BCUT2D eigenvalue weighted by Crippen LogP contribution is 2.37. The molecule has 8 aromatic rings. The number of rotatable bonds is 20. The van der Waals surface area contributed by atoms with Crippen molar-refractivity contribution in [2.75, 3.05) is 127 Å². The molecule has 4 aliphatic heterocycles. The van der Waals surface area contributed by atoms with Crippen LogP contribution in [0.4, 0.5) is 53.7 Å². The number of carbonyl (C=O) groups is 5. The third-order valence-corrected chi connectivity index (χ3v) is 19.1. The van der Waals surface area contributed by atoms with Crippen LogP contribution in [-0.2, 0) is 54.5 Å². The zero-order chi connectivity index (χ0) is 87.2. The molecular weight excluding hydrogens is 1600 g/mol. The molecule has 122 heavy (non-hydrogen) atoms. The summed E-state index contributed by atoms with van der Waals surface area (Å²) >= 11 is 4.95. The first-order chi connectivity index (χ1) is 59.0. The Morgan fingerprint density at radius 2 is 1.00 bits per heavy atom. The SMILES string of the molecule is COC(OC)c1nc2c(cc1CN1CCN(C)CC1=O)CCCN2.COC(OC)c1nc2c(cc1CN1CCN(C)CC1=O)CCCN2C(=O)Nc1cc(OC2CC2)c(C#N)cn1.N#Cc1cnc(N)cc1F.N#Cc1cnc(N)cc1OC1CC1.N#Cc1cnc(NC(=O)Oc2ccccc2)cc1OC1CC1.O=C(Cl)Oc1ccccc1.OC1CC1. The third-order valence-electron chi connectivity index (χ3n) is 19.0. The van der Waals surface area contributed by atoms with Crippen LogP contribution in [0.1, 0.15) is 133 Å². The molecule has 0 bridgehead atoms. The van der Waals surface area contributed by atoms with E-state index in [1.54, 1.807) is 85.9 Å². The van der Waals surface area contributed by atoms with Gasteiger partial charge in [-0.15, -0.1) is 0 Å². The number of nitrogens with one attached hydrogen (secondary N) is 3. The van der Waals surface area contributed by atoms with E-state index in [4.69, 9.17) is 91.8 Å². The number of aliphatic hydroxyl groups excluding tert-OH is 1. The lowest BCUT2D eigenvalue weighted by atomic mass is 10.0. The van der Waals surface area contributed by atoms with Gasteiger partial charge in [0.1, 0.15) is 127 Å². The summed E-state index contributed by atoms with van der Waals surface area (Å²) in [5.41, 5.74) is 16.0. The van der Waals surface area contributed by atoms with Gasteiger partial charge in [0.05, 0.1) is 62.3 Å². The third kappa shape index (κ3) is 28.3. The second-order valence-corrected chi connectivity index (χ2v) is 29.2. The summed E-state index contributed by atoms with van der Waals surface area (Å²) in [4.78, 5) is 94.9. The van der Waals surface area contributed by atoms with E-state index in [1.165, 1.54) is 44.4 Å². The van der Waals surface area contributed by atoms with E-state index < -0.39 is 36.0 Å². The molecule has 35 nitrogen and oxygen atoms in total. The van der Waals surface area contributed by atoms with Crippen molar-refractivity contribution in [1.29, 1.82) is 21.0 Å². The fourth-order valence-electron chi connectivity index (χ4n) is 12.1. The molecule has 2 aromatic carbocycles. The number of hydrogen-bond acceptors (Lipinski definition) is 30. The van der Waals surface area contributed by atoms with Crippen LogP contribution in [0.2, 0.25) is 0 Å². The summed E-state index contributed by atoms with van der Waals surface area (Å²) in [6.45, 7) is 6.20. The number of benzene rings is 2. The highest BCUT2D eigenvalue weighted by molar-refractivity contribution is 6.61. The maximum atomic E-state index is 13.4. The predicted octanol–water partition coefficient (Wildman–Crippen LogP) is 10.9. The number of para-hydroxylation sites is 2. The van der Waals surface area contributed by atoms with Crippen molar-refractivity contribution in [3.8, 4) is 53.0 Å². The standard InChI is InChI=1S/C27H33N7O5.C17H26N4O3.C16H13N3O3.C9H9N3O.C7H5ClO2.C6H4FN3.C3H6O/c1-32-9-10-33(23(35)16-32)15-18-11-17-5-4-8-34(25(17)31-24(18)26(37-2)38-3)27(36)30-22-12-21(39-20-6-7-20)19(13-28)14-29-22;1-20-7-8-21(14(22)11-20)10-13-9-12-5-4-6-18-16(12)19-15(13)17(23-2)24-3;17-9-11-10-18-15(8-14(11)21-13-6-7-13)19-16(20)22-12-4-2-1-3-5-12;10-4-6-5-12-9(11)3-8(6)13-7-1-2-7;8-7(9)10-6-4-2-1-3-5-6;7-5-1-6(9)10-3-4(5)2-8;4-3-1-2-3/h11-12,14,20,26H,4-10,15-16H2,1-3H3,(H,29,30,36);9,17H,4-8,10-11H2,1-3H3,(H,18,19);1-5,8,10,13H,6-7H2,(H,18,19,20);3,5,7H,1-2H2,(H2,11,12);1-5H;1,3H,(H2,9,10);3-4H,1-2H2. The Hall–Kier alpha value is -13.0. The number of ether oxygens (including phenoxy) is 9. The van der Waals surface area contributed by atoms with E-state index in [1.807, 2.05) is 64.0 Å². The van der Waals surface area contributed by atoms with Crippen LogP contribution in [0, 0.1) is 51.1 Å². The molecule has 5 amide bonds. The smallest absolute Gasteiger partial charge is 0.418 e. The van der Waals surface area contributed by atoms with Crippen molar-refractivity contribution < 1.29 is 76.1 Å². The first kappa shape index (κ1) is 91.3. The molecular formula is C85H96ClFN20O15. The van der Waals surface area contributed by atoms with Crippen LogP contribution in [0.5, 0.6) is 28.7 Å². The number of nitrogens with two attached hydrogens (primary N) is 2. The van der Waals surface area contributed by atoms with E-state index in [-0.39, 0.29) is 53.4 Å². The number of aromatic nitrogens is 6. The number of pyridine rings is 6. The van der Waals surface area contributed by atoms with Crippen molar-refractivity contribution in [1.82, 2.24) is 49.5 Å². The van der Waals surface area contributed by atoms with Crippen molar-refractivity contribution in [3.63, 3.8) is 0 Å². The Kier molecular flexibility index (Phi) is 34.0. The van der Waals surface area contributed by atoms with Crippen LogP contribution in [0.15, 0.2) is 122 Å². The minimum atomic E-state index is -0.814. The molecule has 8 aliphatic rings. The van der Waals surface area contributed by atoms with E-state index in [0.717, 1.165) is 144 Å². The fourth-order valence-corrected chi connectivity index (χ4v) is 12.2. The normalized spacial score (nSPS) is 15.6. The Labute approximate surface area is 710 Å². The lowest BCUT2D eigenvalue weighted by Crippen LogP contribution is -2.48. The number of likely N-dealkylation sites (N-methyl/N-ethyl adjacent to an activating group) is 2. The van der Waals surface area contributed by atoms with Crippen LogP contribution in [0.25, 0.3) is 0 Å². The van der Waals surface area contributed by atoms with Crippen molar-refractivity contribution >= 4 is 75.9 Å². The lowest BCUT2D eigenvalue weighted by Gasteiger charge is -2.34. The highest BCUT2D eigenvalue weighted by atomic mass is 35.5. The number of anilines is 6. The maximum absolute atomic E-state index is 13.4. The number of aliphatic hydroxyl groups is 1. The second kappa shape index (κ2) is 45.4. The summed E-state index contributed by atoms with van der Waals surface area (Å²) in [5, 5.41) is 52.2. The molecule has 8 N–H and O–H groups in total. The van der Waals surface area contributed by atoms with Gasteiger partial charge in [-0.3, -0.25) is 34.9 Å². The van der Waals surface area contributed by atoms with E-state index in [2.05, 4.69) is 52.8 Å². The van der Waals surface area contributed by atoms with Crippen molar-refractivity contribution in [2.24, 2.45) is 0 Å². The summed E-state index contributed by atoms with van der Waals surface area (Å²) < 4.78 is 61.1. The van der Waals surface area contributed by atoms with Crippen LogP contribution >= 0.6 is 11.6 Å². The first-order valence-electron chi connectivity index (χ1n) is 39.3. The molecule has 0 spiro atoms. The largest absolute Gasteiger partial charge is 0.489 e. The quantitative estimate of drug-likeness (QED) is 0.0305. The monoisotopic (exact) mass is 1690 g/mol. The highest BCUT2D eigenvalue weighted by Gasteiger charge is 2.34. The van der Waals surface area contributed by atoms with Gasteiger partial charge in [0.15, 0.2) is 0 Å². The van der Waals surface area contributed by atoms with Crippen LogP contribution < -0.4 is 56.0 Å². The number of carbonyl (C=O) groups excluding carboxylic acids is 5. The molecule has 0 unspecified atom stereocenters. The topological polar surface area (TPSA) is 465 Å². The average molecular weight is 1690 g/mol. The summed E-state index contributed by atoms with van der Waals surface area (Å²) in [5.74, 6) is 4.31. The number of methoxy groups -OCH3 is 4. The number of halogens is 2. The van der Waals surface area contributed by atoms with Gasteiger partial charge in [-0.2, -0.15) is 21.0 Å². The number of nitrogens with zero attached hydrogens (tertiary/aromatic N) is 15. The van der Waals surface area contributed by atoms with E-state index in [0.29, 0.717) is 108 Å². The number of nitriles is 4. The number of urea groups is 1. The molecule has 10 heterocycles. The Morgan fingerprint density at radius 3 is 1.45 bits per heavy atom. The lowest BCUT2D eigenvalue weighted by molar-refractivity contribution is -0.137. The summed E-state index contributed by atoms with van der Waals surface area (Å²) in [6.07, 6.45) is 15.6. The molecule has 6 aromatic heterocycles. The van der Waals surface area contributed by atoms with Gasteiger partial charge in [0, 0.05) is 117 Å².